The Morgan fingerprint density at radius 3 is 2.56 bits per heavy atom. The standard InChI is InChI=1S/C12H12F4O2/c1-8(17)3-2-6-18-9-4-5-11(13)10(7-9)12(14,15)16/h4-5,7H,2-3,6H2,1H3. The fourth-order valence-corrected chi connectivity index (χ4v) is 1.32. The van der Waals surface area contributed by atoms with Crippen LogP contribution in [0.25, 0.3) is 0 Å². The topological polar surface area (TPSA) is 26.3 Å². The van der Waals surface area contributed by atoms with Crippen LogP contribution < -0.4 is 4.74 Å². The average molecular weight is 264 g/mol. The third-order valence-electron chi connectivity index (χ3n) is 2.19. The third-order valence-corrected chi connectivity index (χ3v) is 2.19. The van der Waals surface area contributed by atoms with Crippen molar-refractivity contribution >= 4 is 5.78 Å². The van der Waals surface area contributed by atoms with Crippen LogP contribution >= 0.6 is 0 Å². The van der Waals surface area contributed by atoms with Crippen LogP contribution in [-0.4, -0.2) is 12.4 Å². The highest BCUT2D eigenvalue weighted by Crippen LogP contribution is 2.33. The summed E-state index contributed by atoms with van der Waals surface area (Å²) in [4.78, 5) is 10.6. The zero-order valence-electron chi connectivity index (χ0n) is 9.68. The van der Waals surface area contributed by atoms with Crippen LogP contribution in [0.4, 0.5) is 17.6 Å². The first-order valence-corrected chi connectivity index (χ1v) is 5.29. The largest absolute Gasteiger partial charge is 0.494 e. The molecule has 2 nitrogen and oxygen atoms in total. The van der Waals surface area contributed by atoms with Crippen molar-refractivity contribution < 1.29 is 27.1 Å². The first kappa shape index (κ1) is 14.5. The highest BCUT2D eigenvalue weighted by Gasteiger charge is 2.34. The van der Waals surface area contributed by atoms with Crippen molar-refractivity contribution in [3.05, 3.63) is 29.6 Å². The maximum Gasteiger partial charge on any atom is 0.419 e. The van der Waals surface area contributed by atoms with Crippen LogP contribution in [0.15, 0.2) is 18.2 Å². The Bertz CT molecular complexity index is 427. The third kappa shape index (κ3) is 4.35. The lowest BCUT2D eigenvalue weighted by Gasteiger charge is -2.11. The lowest BCUT2D eigenvalue weighted by molar-refractivity contribution is -0.140. The van der Waals surface area contributed by atoms with E-state index in [4.69, 9.17) is 4.74 Å². The molecule has 0 heterocycles. The number of Topliss-reactive ketones (excluding diaryl/α,β-unsaturated/α-hetero) is 1. The fourth-order valence-electron chi connectivity index (χ4n) is 1.32. The number of rotatable bonds is 5. The number of alkyl halides is 3. The van der Waals surface area contributed by atoms with E-state index in [0.29, 0.717) is 25.0 Å². The molecule has 0 radical (unpaired) electrons. The van der Waals surface area contributed by atoms with Gasteiger partial charge in [0.1, 0.15) is 17.3 Å². The van der Waals surface area contributed by atoms with Crippen molar-refractivity contribution in [2.45, 2.75) is 25.9 Å². The molecule has 0 N–H and O–H groups in total. The maximum absolute atomic E-state index is 12.9. The van der Waals surface area contributed by atoms with E-state index in [1.807, 2.05) is 0 Å². The quantitative estimate of drug-likeness (QED) is 0.600. The van der Waals surface area contributed by atoms with Gasteiger partial charge in [0.15, 0.2) is 0 Å². The van der Waals surface area contributed by atoms with E-state index in [0.717, 1.165) is 6.07 Å². The first-order chi connectivity index (χ1) is 8.30. The second kappa shape index (κ2) is 5.84. The van der Waals surface area contributed by atoms with Crippen LogP contribution in [0.2, 0.25) is 0 Å². The number of halogens is 4. The van der Waals surface area contributed by atoms with E-state index in [1.165, 1.54) is 6.92 Å². The summed E-state index contributed by atoms with van der Waals surface area (Å²) in [5, 5.41) is 0. The van der Waals surface area contributed by atoms with Gasteiger partial charge in [-0.25, -0.2) is 4.39 Å². The van der Waals surface area contributed by atoms with Gasteiger partial charge in [-0.05, 0) is 31.5 Å². The van der Waals surface area contributed by atoms with E-state index in [-0.39, 0.29) is 18.1 Å². The number of carbonyl (C=O) groups excluding carboxylic acids is 1. The Labute approximate surface area is 102 Å². The van der Waals surface area contributed by atoms with E-state index in [9.17, 15) is 22.4 Å². The predicted molar refractivity (Wildman–Crippen MR) is 56.8 cm³/mol. The summed E-state index contributed by atoms with van der Waals surface area (Å²) < 4.78 is 55.1. The highest BCUT2D eigenvalue weighted by atomic mass is 19.4. The van der Waals surface area contributed by atoms with Crippen LogP contribution in [0, 0.1) is 5.82 Å². The Morgan fingerprint density at radius 2 is 2.00 bits per heavy atom. The van der Waals surface area contributed by atoms with Gasteiger partial charge in [-0.15, -0.1) is 0 Å². The molecule has 0 fully saturated rings. The monoisotopic (exact) mass is 264 g/mol. The van der Waals surface area contributed by atoms with Crippen molar-refractivity contribution in [2.24, 2.45) is 0 Å². The van der Waals surface area contributed by atoms with Gasteiger partial charge in [-0.3, -0.25) is 0 Å². The second-order valence-corrected chi connectivity index (χ2v) is 3.79. The van der Waals surface area contributed by atoms with Gasteiger partial charge >= 0.3 is 6.18 Å². The summed E-state index contributed by atoms with van der Waals surface area (Å²) in [7, 11) is 0. The number of benzene rings is 1. The van der Waals surface area contributed by atoms with Gasteiger partial charge in [-0.1, -0.05) is 0 Å². The molecule has 18 heavy (non-hydrogen) atoms. The number of hydrogen-bond donors (Lipinski definition) is 0. The Balaban J connectivity index is 2.65. The van der Waals surface area contributed by atoms with Crippen LogP contribution in [0.1, 0.15) is 25.3 Å². The molecular weight excluding hydrogens is 252 g/mol. The molecular formula is C12H12F4O2. The first-order valence-electron chi connectivity index (χ1n) is 5.29. The molecule has 1 rings (SSSR count). The molecule has 1 aromatic carbocycles. The number of carbonyl (C=O) groups is 1. The molecule has 0 saturated heterocycles. The van der Waals surface area contributed by atoms with Crippen LogP contribution in [-0.2, 0) is 11.0 Å². The average Bonchev–Trinajstić information content (AvgIpc) is 2.24. The summed E-state index contributed by atoms with van der Waals surface area (Å²) in [5.74, 6) is -1.42. The van der Waals surface area contributed by atoms with Gasteiger partial charge in [0.05, 0.1) is 12.2 Å². The molecule has 0 spiro atoms. The fraction of sp³-hybridized carbons (Fsp3) is 0.417. The Kier molecular flexibility index (Phi) is 4.69. The molecule has 0 unspecified atom stereocenters. The minimum Gasteiger partial charge on any atom is -0.494 e. The van der Waals surface area contributed by atoms with E-state index in [1.54, 1.807) is 0 Å². The number of hydrogen-bond acceptors (Lipinski definition) is 2. The zero-order valence-corrected chi connectivity index (χ0v) is 9.68. The molecule has 0 aromatic heterocycles. The van der Waals surface area contributed by atoms with E-state index in [2.05, 4.69) is 0 Å². The van der Waals surface area contributed by atoms with Gasteiger partial charge in [-0.2, -0.15) is 13.2 Å². The maximum atomic E-state index is 12.9. The molecule has 0 aliphatic carbocycles. The lowest BCUT2D eigenvalue weighted by Crippen LogP contribution is -2.09. The molecule has 0 bridgehead atoms. The Hall–Kier alpha value is -1.59. The number of ether oxygens (including phenoxy) is 1. The van der Waals surface area contributed by atoms with Crippen molar-refractivity contribution in [3.8, 4) is 5.75 Å². The minimum atomic E-state index is -4.75. The molecule has 0 amide bonds. The van der Waals surface area contributed by atoms with Gasteiger partial charge in [0.2, 0.25) is 0 Å². The van der Waals surface area contributed by atoms with Crippen LogP contribution in [0.5, 0.6) is 5.75 Å². The molecule has 0 atom stereocenters. The van der Waals surface area contributed by atoms with Gasteiger partial charge in [0, 0.05) is 6.42 Å². The van der Waals surface area contributed by atoms with Gasteiger partial charge in [0.25, 0.3) is 0 Å². The summed E-state index contributed by atoms with van der Waals surface area (Å²) in [6, 6.07) is 2.45. The van der Waals surface area contributed by atoms with E-state index < -0.39 is 17.6 Å². The summed E-state index contributed by atoms with van der Waals surface area (Å²) in [5.41, 5.74) is -1.36. The Morgan fingerprint density at radius 1 is 1.33 bits per heavy atom. The van der Waals surface area contributed by atoms with Crippen molar-refractivity contribution in [1.82, 2.24) is 0 Å². The molecule has 0 aliphatic heterocycles. The normalized spacial score (nSPS) is 11.4. The summed E-state index contributed by atoms with van der Waals surface area (Å²) in [6.45, 7) is 1.53. The second-order valence-electron chi connectivity index (χ2n) is 3.79. The molecule has 1 aromatic rings. The zero-order chi connectivity index (χ0) is 13.8. The molecule has 0 saturated carbocycles. The van der Waals surface area contributed by atoms with E-state index >= 15 is 0 Å². The smallest absolute Gasteiger partial charge is 0.419 e. The van der Waals surface area contributed by atoms with Crippen molar-refractivity contribution in [2.75, 3.05) is 6.61 Å². The molecule has 100 valence electrons. The predicted octanol–water partition coefficient (Wildman–Crippen LogP) is 3.59. The molecule has 6 heteroatoms. The van der Waals surface area contributed by atoms with Crippen LogP contribution in [0.3, 0.4) is 0 Å². The lowest BCUT2D eigenvalue weighted by atomic mass is 10.2. The SMILES string of the molecule is CC(=O)CCCOc1ccc(F)c(C(F)(F)F)c1. The summed E-state index contributed by atoms with van der Waals surface area (Å²) >= 11 is 0. The minimum absolute atomic E-state index is 0.0197. The number of ketones is 1. The van der Waals surface area contributed by atoms with Crippen molar-refractivity contribution in [1.29, 1.82) is 0 Å². The summed E-state index contributed by atoms with van der Waals surface area (Å²) in [6.07, 6.45) is -4.04. The highest BCUT2D eigenvalue weighted by molar-refractivity contribution is 5.75. The van der Waals surface area contributed by atoms with Gasteiger partial charge < -0.3 is 9.53 Å². The molecule has 0 aliphatic rings. The van der Waals surface area contributed by atoms with Crippen molar-refractivity contribution in [3.63, 3.8) is 0 Å².